The third-order valence-corrected chi connectivity index (χ3v) is 4.29. The summed E-state index contributed by atoms with van der Waals surface area (Å²) < 4.78 is 0. The first-order chi connectivity index (χ1) is 9.79. The zero-order chi connectivity index (χ0) is 13.9. The highest BCUT2D eigenvalue weighted by atomic mass is 14.9. The summed E-state index contributed by atoms with van der Waals surface area (Å²) in [6.45, 7) is 8.20. The van der Waals surface area contributed by atoms with Crippen molar-refractivity contribution in [2.45, 2.75) is 12.8 Å². The Hall–Kier alpha value is -1.86. The van der Waals surface area contributed by atoms with Crippen LogP contribution in [-0.4, -0.2) is 13.1 Å². The van der Waals surface area contributed by atoms with Crippen LogP contribution in [0, 0.1) is 12.8 Å². The Morgan fingerprint density at radius 1 is 1.05 bits per heavy atom. The van der Waals surface area contributed by atoms with Gasteiger partial charge in [-0.1, -0.05) is 60.2 Å². The molecule has 2 aromatic carbocycles. The van der Waals surface area contributed by atoms with Crippen molar-refractivity contribution in [3.8, 4) is 11.1 Å². The van der Waals surface area contributed by atoms with Crippen molar-refractivity contribution in [3.05, 3.63) is 72.3 Å². The first-order valence-corrected chi connectivity index (χ1v) is 7.29. The lowest BCUT2D eigenvalue weighted by Gasteiger charge is -2.19. The van der Waals surface area contributed by atoms with Crippen LogP contribution in [0.1, 0.15) is 17.0 Å². The van der Waals surface area contributed by atoms with E-state index in [1.807, 2.05) is 0 Å². The lowest BCUT2D eigenvalue weighted by molar-refractivity contribution is 0.636. The van der Waals surface area contributed by atoms with Gasteiger partial charge in [0.05, 0.1) is 0 Å². The van der Waals surface area contributed by atoms with Crippen molar-refractivity contribution < 1.29 is 0 Å². The van der Waals surface area contributed by atoms with E-state index in [0.29, 0.717) is 11.8 Å². The lowest BCUT2D eigenvalue weighted by atomic mass is 9.84. The Labute approximate surface area is 121 Å². The summed E-state index contributed by atoms with van der Waals surface area (Å²) in [5.74, 6) is 1.06. The molecular weight excluding hydrogens is 242 g/mol. The third kappa shape index (κ3) is 2.41. The summed E-state index contributed by atoms with van der Waals surface area (Å²) in [6, 6.07) is 17.6. The second-order valence-corrected chi connectivity index (χ2v) is 5.62. The van der Waals surface area contributed by atoms with Crippen LogP contribution in [0.4, 0.5) is 0 Å². The molecular formula is C19H21N. The van der Waals surface area contributed by atoms with E-state index >= 15 is 0 Å². The molecule has 1 N–H and O–H groups in total. The molecule has 1 fully saturated rings. The van der Waals surface area contributed by atoms with E-state index in [1.165, 1.54) is 22.3 Å². The molecule has 2 aromatic rings. The summed E-state index contributed by atoms with van der Waals surface area (Å²) in [5.41, 5.74) is 5.40. The maximum Gasteiger partial charge on any atom is 0.00445 e. The number of aryl methyl sites for hydroxylation is 1. The molecule has 0 aromatic heterocycles. The average Bonchev–Trinajstić information content (AvgIpc) is 2.96. The molecule has 0 amide bonds. The molecule has 1 saturated heterocycles. The molecule has 1 nitrogen and oxygen atoms in total. The highest BCUT2D eigenvalue weighted by molar-refractivity contribution is 5.68. The predicted molar refractivity (Wildman–Crippen MR) is 85.9 cm³/mol. The van der Waals surface area contributed by atoms with E-state index in [1.54, 1.807) is 0 Å². The predicted octanol–water partition coefficient (Wildman–Crippen LogP) is 4.15. The van der Waals surface area contributed by atoms with Crippen LogP contribution in [0.5, 0.6) is 0 Å². The summed E-state index contributed by atoms with van der Waals surface area (Å²) in [6.07, 6.45) is 2.09. The minimum Gasteiger partial charge on any atom is -0.315 e. The largest absolute Gasteiger partial charge is 0.315 e. The molecule has 0 aliphatic carbocycles. The van der Waals surface area contributed by atoms with Crippen LogP contribution in [0.15, 0.2) is 61.2 Å². The fourth-order valence-corrected chi connectivity index (χ4v) is 3.10. The van der Waals surface area contributed by atoms with Gasteiger partial charge in [-0.25, -0.2) is 0 Å². The first-order valence-electron chi connectivity index (χ1n) is 7.29. The van der Waals surface area contributed by atoms with Gasteiger partial charge in [-0.05, 0) is 29.5 Å². The quantitative estimate of drug-likeness (QED) is 0.820. The van der Waals surface area contributed by atoms with Gasteiger partial charge in [-0.2, -0.15) is 0 Å². The summed E-state index contributed by atoms with van der Waals surface area (Å²) in [4.78, 5) is 0. The smallest absolute Gasteiger partial charge is 0.00445 e. The van der Waals surface area contributed by atoms with Crippen molar-refractivity contribution in [1.82, 2.24) is 5.32 Å². The van der Waals surface area contributed by atoms with E-state index in [4.69, 9.17) is 0 Å². The second kappa shape index (κ2) is 5.64. The first kappa shape index (κ1) is 13.1. The Morgan fingerprint density at radius 2 is 1.80 bits per heavy atom. The topological polar surface area (TPSA) is 12.0 Å². The van der Waals surface area contributed by atoms with Crippen LogP contribution in [0.3, 0.4) is 0 Å². The average molecular weight is 263 g/mol. The van der Waals surface area contributed by atoms with Gasteiger partial charge in [-0.15, -0.1) is 6.58 Å². The standard InChI is InChI=1S/C19H21N/c1-3-15-12-20-13-19(15)18-7-5-4-6-17(18)16-10-8-14(2)9-11-16/h3-11,15,19-20H,1,12-13H2,2H3/t15-,19?/m1/s1. The normalized spacial score (nSPS) is 21.9. The van der Waals surface area contributed by atoms with E-state index in [2.05, 4.69) is 73.4 Å². The second-order valence-electron chi connectivity index (χ2n) is 5.62. The molecule has 20 heavy (non-hydrogen) atoms. The van der Waals surface area contributed by atoms with E-state index in [-0.39, 0.29) is 0 Å². The van der Waals surface area contributed by atoms with Crippen LogP contribution in [-0.2, 0) is 0 Å². The van der Waals surface area contributed by atoms with Crippen molar-refractivity contribution in [2.24, 2.45) is 5.92 Å². The van der Waals surface area contributed by atoms with Crippen LogP contribution < -0.4 is 5.32 Å². The zero-order valence-electron chi connectivity index (χ0n) is 12.0. The van der Waals surface area contributed by atoms with Gasteiger partial charge in [-0.3, -0.25) is 0 Å². The van der Waals surface area contributed by atoms with E-state index < -0.39 is 0 Å². The highest BCUT2D eigenvalue weighted by Gasteiger charge is 2.27. The van der Waals surface area contributed by atoms with Gasteiger partial charge in [0, 0.05) is 19.0 Å². The molecule has 3 rings (SSSR count). The van der Waals surface area contributed by atoms with E-state index in [0.717, 1.165) is 13.1 Å². The number of benzene rings is 2. The van der Waals surface area contributed by atoms with Crippen molar-refractivity contribution in [1.29, 1.82) is 0 Å². The number of hydrogen-bond acceptors (Lipinski definition) is 1. The molecule has 1 heterocycles. The maximum absolute atomic E-state index is 3.99. The molecule has 2 atom stereocenters. The minimum atomic E-state index is 0.529. The number of nitrogens with one attached hydrogen (secondary N) is 1. The Kier molecular flexibility index (Phi) is 3.70. The monoisotopic (exact) mass is 263 g/mol. The lowest BCUT2D eigenvalue weighted by Crippen LogP contribution is -2.09. The van der Waals surface area contributed by atoms with Gasteiger partial charge in [0.2, 0.25) is 0 Å². The number of hydrogen-bond donors (Lipinski definition) is 1. The van der Waals surface area contributed by atoms with Crippen LogP contribution in [0.2, 0.25) is 0 Å². The van der Waals surface area contributed by atoms with Crippen LogP contribution >= 0.6 is 0 Å². The van der Waals surface area contributed by atoms with Gasteiger partial charge < -0.3 is 5.32 Å². The van der Waals surface area contributed by atoms with Gasteiger partial charge >= 0.3 is 0 Å². The Morgan fingerprint density at radius 3 is 2.55 bits per heavy atom. The highest BCUT2D eigenvalue weighted by Crippen LogP contribution is 2.35. The molecule has 0 spiro atoms. The van der Waals surface area contributed by atoms with Crippen molar-refractivity contribution in [2.75, 3.05) is 13.1 Å². The summed E-state index contributed by atoms with van der Waals surface area (Å²) in [5, 5.41) is 3.49. The fraction of sp³-hybridized carbons (Fsp3) is 0.263. The molecule has 1 aliphatic rings. The molecule has 1 unspecified atom stereocenters. The molecule has 1 heteroatoms. The summed E-state index contributed by atoms with van der Waals surface area (Å²) >= 11 is 0. The Bertz CT molecular complexity index is 597. The molecule has 0 bridgehead atoms. The van der Waals surface area contributed by atoms with Crippen molar-refractivity contribution in [3.63, 3.8) is 0 Å². The third-order valence-electron chi connectivity index (χ3n) is 4.29. The molecule has 0 saturated carbocycles. The molecule has 0 radical (unpaired) electrons. The Balaban J connectivity index is 2.04. The fourth-order valence-electron chi connectivity index (χ4n) is 3.10. The van der Waals surface area contributed by atoms with Crippen LogP contribution in [0.25, 0.3) is 11.1 Å². The molecule has 102 valence electrons. The van der Waals surface area contributed by atoms with Gasteiger partial charge in [0.15, 0.2) is 0 Å². The minimum absolute atomic E-state index is 0.529. The van der Waals surface area contributed by atoms with Crippen molar-refractivity contribution >= 4 is 0 Å². The maximum atomic E-state index is 3.99. The zero-order valence-corrected chi connectivity index (χ0v) is 12.0. The summed E-state index contributed by atoms with van der Waals surface area (Å²) in [7, 11) is 0. The number of rotatable bonds is 3. The molecule has 1 aliphatic heterocycles. The van der Waals surface area contributed by atoms with E-state index in [9.17, 15) is 0 Å². The van der Waals surface area contributed by atoms with Gasteiger partial charge in [0.25, 0.3) is 0 Å². The van der Waals surface area contributed by atoms with Gasteiger partial charge in [0.1, 0.15) is 0 Å². The SMILES string of the molecule is C=C[C@@H]1CNCC1c1ccccc1-c1ccc(C)cc1.